The summed E-state index contributed by atoms with van der Waals surface area (Å²) >= 11 is 0. The number of anilines is 1. The van der Waals surface area contributed by atoms with Crippen molar-refractivity contribution in [2.24, 2.45) is 0 Å². The maximum absolute atomic E-state index is 11.4. The summed E-state index contributed by atoms with van der Waals surface area (Å²) in [5.41, 5.74) is 0.889. The van der Waals surface area contributed by atoms with Crippen molar-refractivity contribution in [3.05, 3.63) is 18.0 Å². The maximum atomic E-state index is 11.4. The molecule has 0 aliphatic carbocycles. The number of nitrogens with one attached hydrogen (secondary N) is 1. The molecule has 1 N–H and O–H groups in total. The Morgan fingerprint density at radius 2 is 2.29 bits per heavy atom. The zero-order valence-electron chi connectivity index (χ0n) is 9.92. The lowest BCUT2D eigenvalue weighted by Gasteiger charge is -2.14. The Bertz CT molecular complexity index is 503. The molecule has 2 rings (SSSR count). The number of rotatable bonds is 3. The number of hydrogen-bond acceptors (Lipinski definition) is 5. The predicted octanol–water partition coefficient (Wildman–Crippen LogP) is 0.231. The molecule has 0 aromatic carbocycles. The summed E-state index contributed by atoms with van der Waals surface area (Å²) in [4.78, 5) is 8.33. The maximum Gasteiger partial charge on any atom is 0.223 e. The minimum Gasteiger partial charge on any atom is -0.350 e. The lowest BCUT2D eigenvalue weighted by molar-refractivity contribution is 0.480. The van der Waals surface area contributed by atoms with Crippen LogP contribution in [0.3, 0.4) is 0 Å². The number of hydrogen-bond donors (Lipinski definition) is 1. The van der Waals surface area contributed by atoms with Gasteiger partial charge >= 0.3 is 0 Å². The molecule has 17 heavy (non-hydrogen) atoms. The van der Waals surface area contributed by atoms with Gasteiger partial charge in [0.05, 0.1) is 6.26 Å². The molecule has 0 bridgehead atoms. The van der Waals surface area contributed by atoms with Crippen molar-refractivity contribution in [3.8, 4) is 0 Å². The van der Waals surface area contributed by atoms with E-state index in [1.54, 1.807) is 6.20 Å². The molecular formula is C10H16N4O2S. The average molecular weight is 256 g/mol. The third kappa shape index (κ3) is 3.13. The van der Waals surface area contributed by atoms with E-state index in [9.17, 15) is 8.42 Å². The van der Waals surface area contributed by atoms with Crippen molar-refractivity contribution in [2.75, 3.05) is 24.7 Å². The molecule has 1 aliphatic rings. The van der Waals surface area contributed by atoms with E-state index in [1.165, 1.54) is 10.6 Å². The minimum atomic E-state index is -3.08. The third-order valence-corrected chi connectivity index (χ3v) is 4.02. The molecule has 1 aliphatic heterocycles. The van der Waals surface area contributed by atoms with E-state index in [-0.39, 0.29) is 6.04 Å². The summed E-state index contributed by atoms with van der Waals surface area (Å²) in [6, 6.07) is 1.91. The second-order valence-electron chi connectivity index (χ2n) is 4.27. The van der Waals surface area contributed by atoms with Crippen molar-refractivity contribution in [1.82, 2.24) is 14.3 Å². The van der Waals surface area contributed by atoms with Gasteiger partial charge in [0.1, 0.15) is 0 Å². The highest BCUT2D eigenvalue weighted by atomic mass is 32.2. The van der Waals surface area contributed by atoms with E-state index in [0.29, 0.717) is 19.0 Å². The van der Waals surface area contributed by atoms with E-state index in [0.717, 1.165) is 12.1 Å². The van der Waals surface area contributed by atoms with Crippen LogP contribution in [0.4, 0.5) is 5.95 Å². The summed E-state index contributed by atoms with van der Waals surface area (Å²) in [6.45, 7) is 2.93. The van der Waals surface area contributed by atoms with E-state index in [4.69, 9.17) is 0 Å². The van der Waals surface area contributed by atoms with Gasteiger partial charge in [0.25, 0.3) is 0 Å². The number of aryl methyl sites for hydroxylation is 1. The first-order valence-corrected chi connectivity index (χ1v) is 7.31. The highest BCUT2D eigenvalue weighted by molar-refractivity contribution is 7.88. The lowest BCUT2D eigenvalue weighted by atomic mass is 10.3. The summed E-state index contributed by atoms with van der Waals surface area (Å²) in [5.74, 6) is 0.561. The van der Waals surface area contributed by atoms with Gasteiger partial charge in [-0.15, -0.1) is 0 Å². The third-order valence-electron chi connectivity index (χ3n) is 2.75. The summed E-state index contributed by atoms with van der Waals surface area (Å²) in [6.07, 6.45) is 3.71. The Kier molecular flexibility index (Phi) is 3.30. The fraction of sp³-hybridized carbons (Fsp3) is 0.600. The monoisotopic (exact) mass is 256 g/mol. The van der Waals surface area contributed by atoms with Crippen LogP contribution in [0.1, 0.15) is 12.1 Å². The number of aromatic nitrogens is 2. The molecule has 0 saturated carbocycles. The van der Waals surface area contributed by atoms with E-state index in [1.807, 2.05) is 13.0 Å². The molecule has 1 unspecified atom stereocenters. The van der Waals surface area contributed by atoms with Gasteiger partial charge in [0.15, 0.2) is 0 Å². The van der Waals surface area contributed by atoms with Crippen molar-refractivity contribution in [1.29, 1.82) is 0 Å². The molecule has 1 aromatic heterocycles. The van der Waals surface area contributed by atoms with Crippen LogP contribution in [0.5, 0.6) is 0 Å². The molecule has 1 aromatic rings. The van der Waals surface area contributed by atoms with Gasteiger partial charge in [-0.05, 0) is 19.4 Å². The fourth-order valence-corrected chi connectivity index (χ4v) is 2.74. The van der Waals surface area contributed by atoms with Crippen LogP contribution in [0, 0.1) is 6.92 Å². The van der Waals surface area contributed by atoms with Crippen LogP contribution < -0.4 is 5.32 Å². The first-order valence-electron chi connectivity index (χ1n) is 5.46. The Labute approximate surface area is 101 Å². The SMILES string of the molecule is Cc1ccnc(NC2CCN(S(C)(=O)=O)C2)n1. The molecule has 1 atom stereocenters. The molecule has 1 fully saturated rings. The Hall–Kier alpha value is -1.21. The van der Waals surface area contributed by atoms with Gasteiger partial charge in [-0.3, -0.25) is 0 Å². The van der Waals surface area contributed by atoms with Gasteiger partial charge in [0.2, 0.25) is 16.0 Å². The van der Waals surface area contributed by atoms with Crippen molar-refractivity contribution < 1.29 is 8.42 Å². The van der Waals surface area contributed by atoms with Gasteiger partial charge in [0, 0.05) is 31.0 Å². The van der Waals surface area contributed by atoms with Crippen LogP contribution in [-0.2, 0) is 10.0 Å². The summed E-state index contributed by atoms with van der Waals surface area (Å²) in [7, 11) is -3.08. The number of nitrogens with zero attached hydrogens (tertiary/aromatic N) is 3. The van der Waals surface area contributed by atoms with E-state index in [2.05, 4.69) is 15.3 Å². The van der Waals surface area contributed by atoms with Crippen LogP contribution in [0.15, 0.2) is 12.3 Å². The van der Waals surface area contributed by atoms with Crippen LogP contribution >= 0.6 is 0 Å². The standard InChI is InChI=1S/C10H16N4O2S/c1-8-3-5-11-10(12-8)13-9-4-6-14(7-9)17(2,15)16/h3,5,9H,4,6-7H2,1-2H3,(H,11,12,13). The first-order chi connectivity index (χ1) is 7.95. The minimum absolute atomic E-state index is 0.0894. The molecule has 94 valence electrons. The zero-order chi connectivity index (χ0) is 12.5. The number of sulfonamides is 1. The smallest absolute Gasteiger partial charge is 0.223 e. The highest BCUT2D eigenvalue weighted by Crippen LogP contribution is 2.15. The second-order valence-corrected chi connectivity index (χ2v) is 6.26. The topological polar surface area (TPSA) is 75.2 Å². The lowest BCUT2D eigenvalue weighted by Crippen LogP contribution is -2.31. The molecule has 0 amide bonds. The van der Waals surface area contributed by atoms with Crippen LogP contribution in [0.2, 0.25) is 0 Å². The van der Waals surface area contributed by atoms with Gasteiger partial charge in [-0.25, -0.2) is 22.7 Å². The summed E-state index contributed by atoms with van der Waals surface area (Å²) in [5, 5.41) is 3.16. The first kappa shape index (κ1) is 12.3. The molecule has 6 nitrogen and oxygen atoms in total. The molecular weight excluding hydrogens is 240 g/mol. The Balaban J connectivity index is 1.99. The molecule has 0 radical (unpaired) electrons. The van der Waals surface area contributed by atoms with E-state index < -0.39 is 10.0 Å². The largest absolute Gasteiger partial charge is 0.350 e. The predicted molar refractivity (Wildman–Crippen MR) is 65.2 cm³/mol. The van der Waals surface area contributed by atoms with Crippen LogP contribution in [0.25, 0.3) is 0 Å². The second kappa shape index (κ2) is 4.58. The average Bonchev–Trinajstić information content (AvgIpc) is 2.65. The Morgan fingerprint density at radius 3 is 2.88 bits per heavy atom. The quantitative estimate of drug-likeness (QED) is 0.838. The van der Waals surface area contributed by atoms with Crippen molar-refractivity contribution >= 4 is 16.0 Å². The molecule has 1 saturated heterocycles. The highest BCUT2D eigenvalue weighted by Gasteiger charge is 2.28. The summed E-state index contributed by atoms with van der Waals surface area (Å²) < 4.78 is 24.2. The Morgan fingerprint density at radius 1 is 1.53 bits per heavy atom. The molecule has 7 heteroatoms. The van der Waals surface area contributed by atoms with Crippen molar-refractivity contribution in [2.45, 2.75) is 19.4 Å². The zero-order valence-corrected chi connectivity index (χ0v) is 10.7. The van der Waals surface area contributed by atoms with Gasteiger partial charge < -0.3 is 5.32 Å². The van der Waals surface area contributed by atoms with Crippen LogP contribution in [-0.4, -0.2) is 48.1 Å². The van der Waals surface area contributed by atoms with Gasteiger partial charge in [-0.1, -0.05) is 0 Å². The van der Waals surface area contributed by atoms with Gasteiger partial charge in [-0.2, -0.15) is 0 Å². The molecule has 0 spiro atoms. The van der Waals surface area contributed by atoms with E-state index >= 15 is 0 Å². The molecule has 2 heterocycles. The normalized spacial score (nSPS) is 21.6. The van der Waals surface area contributed by atoms with Crippen molar-refractivity contribution in [3.63, 3.8) is 0 Å². The fourth-order valence-electron chi connectivity index (χ4n) is 1.85.